The van der Waals surface area contributed by atoms with Crippen LogP contribution in [-0.4, -0.2) is 35.2 Å². The molecule has 0 spiro atoms. The highest BCUT2D eigenvalue weighted by Crippen LogP contribution is 2.38. The predicted molar refractivity (Wildman–Crippen MR) is 65.1 cm³/mol. The summed E-state index contributed by atoms with van der Waals surface area (Å²) in [5.74, 6) is -1.24. The SMILES string of the molecule is CCCC[C@H](NC(=O)C1CC2CCC1O2)C(=O)O. The number of amides is 1. The Kier molecular flexibility index (Phi) is 4.22. The molecule has 2 aliphatic rings. The summed E-state index contributed by atoms with van der Waals surface area (Å²) in [5, 5.41) is 11.7. The van der Waals surface area contributed by atoms with E-state index in [9.17, 15) is 9.59 Å². The fraction of sp³-hybridized carbons (Fsp3) is 0.846. The molecular formula is C13H21NO4. The lowest BCUT2D eigenvalue weighted by Crippen LogP contribution is -2.45. The molecule has 2 N–H and O–H groups in total. The number of rotatable bonds is 6. The maximum atomic E-state index is 12.1. The van der Waals surface area contributed by atoms with Crippen molar-refractivity contribution in [3.63, 3.8) is 0 Å². The van der Waals surface area contributed by atoms with E-state index in [1.165, 1.54) is 0 Å². The van der Waals surface area contributed by atoms with Crippen LogP contribution in [0.15, 0.2) is 0 Å². The van der Waals surface area contributed by atoms with Crippen LogP contribution >= 0.6 is 0 Å². The highest BCUT2D eigenvalue weighted by atomic mass is 16.5. The minimum absolute atomic E-state index is 0.00983. The zero-order valence-electron chi connectivity index (χ0n) is 10.7. The van der Waals surface area contributed by atoms with Gasteiger partial charge in [-0.1, -0.05) is 19.8 Å². The Morgan fingerprint density at radius 3 is 2.72 bits per heavy atom. The molecule has 102 valence electrons. The van der Waals surface area contributed by atoms with Gasteiger partial charge in [0.1, 0.15) is 6.04 Å². The highest BCUT2D eigenvalue weighted by Gasteiger charge is 2.44. The van der Waals surface area contributed by atoms with Crippen molar-refractivity contribution in [2.75, 3.05) is 0 Å². The van der Waals surface area contributed by atoms with Crippen molar-refractivity contribution < 1.29 is 19.4 Å². The summed E-state index contributed by atoms with van der Waals surface area (Å²) in [6.45, 7) is 2.00. The third-order valence-corrected chi connectivity index (χ3v) is 3.90. The molecule has 18 heavy (non-hydrogen) atoms. The molecule has 2 saturated heterocycles. The fourth-order valence-electron chi connectivity index (χ4n) is 2.86. The van der Waals surface area contributed by atoms with E-state index in [0.29, 0.717) is 6.42 Å². The molecule has 5 nitrogen and oxygen atoms in total. The van der Waals surface area contributed by atoms with Crippen LogP contribution in [0.5, 0.6) is 0 Å². The van der Waals surface area contributed by atoms with Crippen molar-refractivity contribution in [3.05, 3.63) is 0 Å². The Morgan fingerprint density at radius 2 is 2.22 bits per heavy atom. The van der Waals surface area contributed by atoms with Gasteiger partial charge in [0.25, 0.3) is 0 Å². The molecule has 4 atom stereocenters. The molecule has 1 amide bonds. The van der Waals surface area contributed by atoms with Gasteiger partial charge in [0.2, 0.25) is 5.91 Å². The molecule has 2 rings (SSSR count). The van der Waals surface area contributed by atoms with Crippen molar-refractivity contribution >= 4 is 11.9 Å². The summed E-state index contributed by atoms with van der Waals surface area (Å²) < 4.78 is 5.62. The summed E-state index contributed by atoms with van der Waals surface area (Å²) in [7, 11) is 0. The number of carbonyl (C=O) groups is 2. The van der Waals surface area contributed by atoms with Crippen LogP contribution in [0.1, 0.15) is 45.4 Å². The van der Waals surface area contributed by atoms with E-state index < -0.39 is 12.0 Å². The summed E-state index contributed by atoms with van der Waals surface area (Å²) in [5.41, 5.74) is 0. The van der Waals surface area contributed by atoms with Gasteiger partial charge in [-0.25, -0.2) is 4.79 Å². The zero-order chi connectivity index (χ0) is 13.1. The molecule has 2 heterocycles. The Morgan fingerprint density at radius 1 is 1.44 bits per heavy atom. The highest BCUT2D eigenvalue weighted by molar-refractivity contribution is 5.85. The lowest BCUT2D eigenvalue weighted by atomic mass is 9.88. The topological polar surface area (TPSA) is 75.6 Å². The van der Waals surface area contributed by atoms with Gasteiger partial charge in [-0.2, -0.15) is 0 Å². The van der Waals surface area contributed by atoms with Crippen LogP contribution in [-0.2, 0) is 14.3 Å². The number of aliphatic carboxylic acids is 1. The number of hydrogen-bond donors (Lipinski definition) is 2. The van der Waals surface area contributed by atoms with Gasteiger partial charge >= 0.3 is 5.97 Å². The van der Waals surface area contributed by atoms with E-state index in [0.717, 1.165) is 32.1 Å². The van der Waals surface area contributed by atoms with Gasteiger partial charge in [0.05, 0.1) is 18.1 Å². The Balaban J connectivity index is 1.86. The molecule has 0 aromatic rings. The van der Waals surface area contributed by atoms with E-state index >= 15 is 0 Å². The first kappa shape index (κ1) is 13.3. The molecule has 0 aromatic heterocycles. The van der Waals surface area contributed by atoms with Crippen molar-refractivity contribution in [3.8, 4) is 0 Å². The molecule has 5 heteroatoms. The predicted octanol–water partition coefficient (Wildman–Crippen LogP) is 1.31. The summed E-state index contributed by atoms with van der Waals surface area (Å²) in [6, 6.07) is -0.753. The summed E-state index contributed by atoms with van der Waals surface area (Å²) >= 11 is 0. The molecule has 2 aliphatic heterocycles. The van der Waals surface area contributed by atoms with E-state index in [4.69, 9.17) is 9.84 Å². The van der Waals surface area contributed by atoms with Crippen molar-refractivity contribution in [2.45, 2.75) is 63.7 Å². The lowest BCUT2D eigenvalue weighted by Gasteiger charge is -2.21. The average molecular weight is 255 g/mol. The molecule has 0 saturated carbocycles. The second-order valence-electron chi connectivity index (χ2n) is 5.26. The largest absolute Gasteiger partial charge is 0.480 e. The normalized spacial score (nSPS) is 31.3. The first-order chi connectivity index (χ1) is 8.61. The van der Waals surface area contributed by atoms with Crippen LogP contribution in [0, 0.1) is 5.92 Å². The number of nitrogens with one attached hydrogen (secondary N) is 1. The Labute approximate surface area is 107 Å². The van der Waals surface area contributed by atoms with Crippen LogP contribution in [0.3, 0.4) is 0 Å². The van der Waals surface area contributed by atoms with Gasteiger partial charge in [-0.15, -0.1) is 0 Å². The van der Waals surface area contributed by atoms with Crippen molar-refractivity contribution in [1.29, 1.82) is 0 Å². The van der Waals surface area contributed by atoms with Crippen LogP contribution < -0.4 is 5.32 Å². The third kappa shape index (κ3) is 2.83. The Bertz CT molecular complexity index is 331. The summed E-state index contributed by atoms with van der Waals surface area (Å²) in [6.07, 6.45) is 5.17. The number of carboxylic acids is 1. The van der Waals surface area contributed by atoms with E-state index in [-0.39, 0.29) is 24.0 Å². The van der Waals surface area contributed by atoms with Crippen molar-refractivity contribution in [1.82, 2.24) is 5.32 Å². The van der Waals surface area contributed by atoms with Crippen LogP contribution in [0.4, 0.5) is 0 Å². The smallest absolute Gasteiger partial charge is 0.326 e. The number of carboxylic acid groups (broad SMARTS) is 1. The van der Waals surface area contributed by atoms with E-state index in [1.54, 1.807) is 0 Å². The molecule has 0 aromatic carbocycles. The lowest BCUT2D eigenvalue weighted by molar-refractivity contribution is -0.143. The van der Waals surface area contributed by atoms with Gasteiger partial charge in [0, 0.05) is 0 Å². The maximum Gasteiger partial charge on any atom is 0.326 e. The second kappa shape index (κ2) is 5.69. The molecule has 0 aliphatic carbocycles. The second-order valence-corrected chi connectivity index (χ2v) is 5.26. The van der Waals surface area contributed by atoms with Crippen molar-refractivity contribution in [2.24, 2.45) is 5.92 Å². The first-order valence-electron chi connectivity index (χ1n) is 6.80. The third-order valence-electron chi connectivity index (χ3n) is 3.90. The molecule has 0 radical (unpaired) electrons. The number of ether oxygens (including phenoxy) is 1. The minimum Gasteiger partial charge on any atom is -0.480 e. The van der Waals surface area contributed by atoms with Gasteiger partial charge in [-0.05, 0) is 25.7 Å². The minimum atomic E-state index is -0.944. The van der Waals surface area contributed by atoms with Crippen LogP contribution in [0.2, 0.25) is 0 Å². The van der Waals surface area contributed by atoms with E-state index in [2.05, 4.69) is 5.32 Å². The number of fused-ring (bicyclic) bond motifs is 2. The number of hydrogen-bond acceptors (Lipinski definition) is 3. The Hall–Kier alpha value is -1.10. The fourth-order valence-corrected chi connectivity index (χ4v) is 2.86. The van der Waals surface area contributed by atoms with Gasteiger partial charge < -0.3 is 15.2 Å². The molecular weight excluding hydrogens is 234 g/mol. The standard InChI is InChI=1S/C13H21NO4/c1-2-3-4-10(13(16)17)14-12(15)9-7-8-5-6-11(9)18-8/h8-11H,2-7H2,1H3,(H,14,15)(H,16,17)/t8?,9?,10-,11?/m0/s1. The molecule has 3 unspecified atom stereocenters. The molecule has 2 fully saturated rings. The maximum absolute atomic E-state index is 12.1. The van der Waals surface area contributed by atoms with E-state index in [1.807, 2.05) is 6.92 Å². The van der Waals surface area contributed by atoms with Gasteiger partial charge in [-0.3, -0.25) is 4.79 Å². The molecule has 2 bridgehead atoms. The number of unbranched alkanes of at least 4 members (excludes halogenated alkanes) is 1. The first-order valence-corrected chi connectivity index (χ1v) is 6.80. The average Bonchev–Trinajstić information content (AvgIpc) is 2.95. The number of carbonyl (C=O) groups excluding carboxylic acids is 1. The quantitative estimate of drug-likeness (QED) is 0.750. The monoisotopic (exact) mass is 255 g/mol. The zero-order valence-corrected chi connectivity index (χ0v) is 10.7. The summed E-state index contributed by atoms with van der Waals surface area (Å²) in [4.78, 5) is 23.1. The van der Waals surface area contributed by atoms with Gasteiger partial charge in [0.15, 0.2) is 0 Å². The van der Waals surface area contributed by atoms with Crippen LogP contribution in [0.25, 0.3) is 0 Å².